The number of aliphatic hydroxyl groups excluding tert-OH is 2. The summed E-state index contributed by atoms with van der Waals surface area (Å²) in [7, 11) is 0. The van der Waals surface area contributed by atoms with Gasteiger partial charge in [0.2, 0.25) is 0 Å². The molecule has 0 fully saturated rings. The molecule has 0 aliphatic rings. The highest BCUT2D eigenvalue weighted by molar-refractivity contribution is 6.33. The Kier molecular flexibility index (Phi) is 4.70. The third kappa shape index (κ3) is 3.81. The molecule has 0 radical (unpaired) electrons. The van der Waals surface area contributed by atoms with Crippen molar-refractivity contribution in [2.45, 2.75) is 12.5 Å². The first-order chi connectivity index (χ1) is 7.90. The molecule has 0 bridgehead atoms. The normalized spacial score (nSPS) is 11.4. The number of aromatic nitrogens is 1. The summed E-state index contributed by atoms with van der Waals surface area (Å²) < 4.78 is 0. The van der Waals surface area contributed by atoms with Crippen LogP contribution < -0.4 is 5.32 Å². The first-order valence-corrected chi connectivity index (χ1v) is 5.53. The molecule has 1 aromatic heterocycles. The van der Waals surface area contributed by atoms with Gasteiger partial charge in [-0.15, -0.1) is 0 Å². The number of hydrogen-bond donors (Lipinski definition) is 3. The van der Waals surface area contributed by atoms with Gasteiger partial charge in [0.25, 0.3) is 5.91 Å². The van der Waals surface area contributed by atoms with Crippen LogP contribution in [0.3, 0.4) is 0 Å². The van der Waals surface area contributed by atoms with Crippen molar-refractivity contribution in [1.82, 2.24) is 10.3 Å². The molecule has 17 heavy (non-hydrogen) atoms. The molecule has 0 aliphatic heterocycles. The number of nitrogens with zero attached hydrogens (tertiary/aromatic N) is 1. The van der Waals surface area contributed by atoms with Gasteiger partial charge in [-0.1, -0.05) is 23.2 Å². The zero-order valence-electron chi connectivity index (χ0n) is 9.07. The van der Waals surface area contributed by atoms with Gasteiger partial charge in [0.05, 0.1) is 18.8 Å². The van der Waals surface area contributed by atoms with E-state index in [1.807, 2.05) is 0 Å². The van der Waals surface area contributed by atoms with E-state index in [9.17, 15) is 4.79 Å². The topological polar surface area (TPSA) is 82.5 Å². The van der Waals surface area contributed by atoms with Gasteiger partial charge in [-0.25, -0.2) is 4.98 Å². The lowest BCUT2D eigenvalue weighted by atomic mass is 10.0. The fourth-order valence-electron chi connectivity index (χ4n) is 1.07. The van der Waals surface area contributed by atoms with E-state index in [1.165, 1.54) is 19.1 Å². The predicted molar refractivity (Wildman–Crippen MR) is 64.3 cm³/mol. The molecule has 0 saturated carbocycles. The Morgan fingerprint density at radius 2 is 1.82 bits per heavy atom. The van der Waals surface area contributed by atoms with Gasteiger partial charge in [0.15, 0.2) is 0 Å². The van der Waals surface area contributed by atoms with Crippen molar-refractivity contribution in [2.24, 2.45) is 0 Å². The first kappa shape index (κ1) is 14.2. The maximum absolute atomic E-state index is 11.8. The Morgan fingerprint density at radius 3 is 2.24 bits per heavy atom. The van der Waals surface area contributed by atoms with Crippen molar-refractivity contribution < 1.29 is 15.0 Å². The summed E-state index contributed by atoms with van der Waals surface area (Å²) in [6.07, 6.45) is 0. The van der Waals surface area contributed by atoms with E-state index < -0.39 is 11.4 Å². The van der Waals surface area contributed by atoms with Crippen LogP contribution in [0.2, 0.25) is 10.3 Å². The fourth-order valence-corrected chi connectivity index (χ4v) is 1.53. The zero-order chi connectivity index (χ0) is 13.1. The van der Waals surface area contributed by atoms with Crippen molar-refractivity contribution in [3.05, 3.63) is 28.0 Å². The average molecular weight is 279 g/mol. The summed E-state index contributed by atoms with van der Waals surface area (Å²) in [5.74, 6) is -0.498. The summed E-state index contributed by atoms with van der Waals surface area (Å²) in [5, 5.41) is 20.8. The smallest absolute Gasteiger partial charge is 0.252 e. The summed E-state index contributed by atoms with van der Waals surface area (Å²) in [6.45, 7) is 0.735. The second-order valence-electron chi connectivity index (χ2n) is 3.83. The summed E-state index contributed by atoms with van der Waals surface area (Å²) in [4.78, 5) is 15.5. The molecule has 3 N–H and O–H groups in total. The van der Waals surface area contributed by atoms with Crippen molar-refractivity contribution in [3.8, 4) is 0 Å². The lowest BCUT2D eigenvalue weighted by molar-refractivity contribution is 0.0723. The van der Waals surface area contributed by atoms with Crippen LogP contribution in [0.15, 0.2) is 12.1 Å². The van der Waals surface area contributed by atoms with Crippen molar-refractivity contribution in [3.63, 3.8) is 0 Å². The lowest BCUT2D eigenvalue weighted by Gasteiger charge is -2.26. The van der Waals surface area contributed by atoms with E-state index in [2.05, 4.69) is 10.3 Å². The van der Waals surface area contributed by atoms with Gasteiger partial charge in [0, 0.05) is 5.56 Å². The number of aliphatic hydroxyl groups is 2. The standard InChI is InChI=1S/C10H12Cl2N2O3/c1-10(4-15,5-16)14-9(17)6-2-7(11)13-8(12)3-6/h2-3,15-16H,4-5H2,1H3,(H,14,17). The molecule has 0 aromatic carbocycles. The summed E-state index contributed by atoms with van der Waals surface area (Å²) in [6, 6.07) is 2.69. The van der Waals surface area contributed by atoms with Gasteiger partial charge in [-0.2, -0.15) is 0 Å². The minimum absolute atomic E-state index is 0.0948. The number of nitrogens with one attached hydrogen (secondary N) is 1. The quantitative estimate of drug-likeness (QED) is 0.714. The molecular formula is C10H12Cl2N2O3. The van der Waals surface area contributed by atoms with Gasteiger partial charge >= 0.3 is 0 Å². The number of carbonyl (C=O) groups excluding carboxylic acids is 1. The molecule has 0 saturated heterocycles. The maximum atomic E-state index is 11.8. The molecule has 0 unspecified atom stereocenters. The van der Waals surface area contributed by atoms with E-state index >= 15 is 0 Å². The number of pyridine rings is 1. The van der Waals surface area contributed by atoms with Crippen LogP contribution in [0, 0.1) is 0 Å². The first-order valence-electron chi connectivity index (χ1n) is 4.77. The SMILES string of the molecule is CC(CO)(CO)NC(=O)c1cc(Cl)nc(Cl)c1. The lowest BCUT2D eigenvalue weighted by Crippen LogP contribution is -2.51. The predicted octanol–water partition coefficient (Wildman–Crippen LogP) is 0.861. The molecule has 0 aliphatic carbocycles. The Balaban J connectivity index is 2.90. The highest BCUT2D eigenvalue weighted by Crippen LogP contribution is 2.15. The summed E-state index contributed by atoms with van der Waals surface area (Å²) >= 11 is 11.3. The van der Waals surface area contributed by atoms with Gasteiger partial charge in [-0.05, 0) is 19.1 Å². The Bertz CT molecular complexity index is 402. The average Bonchev–Trinajstić information content (AvgIpc) is 2.27. The van der Waals surface area contributed by atoms with Crippen LogP contribution in [0.5, 0.6) is 0 Å². The van der Waals surface area contributed by atoms with Gasteiger partial charge in [0.1, 0.15) is 10.3 Å². The summed E-state index contributed by atoms with van der Waals surface area (Å²) in [5.41, 5.74) is -0.887. The van der Waals surface area contributed by atoms with Crippen LogP contribution >= 0.6 is 23.2 Å². The molecule has 1 heterocycles. The van der Waals surface area contributed by atoms with E-state index in [0.29, 0.717) is 0 Å². The molecule has 1 aromatic rings. The highest BCUT2D eigenvalue weighted by Gasteiger charge is 2.25. The van der Waals surface area contributed by atoms with Gasteiger partial charge in [-0.3, -0.25) is 4.79 Å². The van der Waals surface area contributed by atoms with E-state index in [0.717, 1.165) is 0 Å². The largest absolute Gasteiger partial charge is 0.394 e. The van der Waals surface area contributed by atoms with Crippen LogP contribution in [0.25, 0.3) is 0 Å². The molecule has 0 spiro atoms. The Hall–Kier alpha value is -0.880. The third-order valence-corrected chi connectivity index (χ3v) is 2.53. The number of hydrogen-bond acceptors (Lipinski definition) is 4. The second-order valence-corrected chi connectivity index (χ2v) is 4.61. The molecule has 94 valence electrons. The van der Waals surface area contributed by atoms with Crippen LogP contribution in [-0.4, -0.2) is 39.9 Å². The van der Waals surface area contributed by atoms with E-state index in [1.54, 1.807) is 0 Å². The van der Waals surface area contributed by atoms with E-state index in [-0.39, 0.29) is 29.1 Å². The van der Waals surface area contributed by atoms with Crippen molar-refractivity contribution >= 4 is 29.1 Å². The van der Waals surface area contributed by atoms with Crippen LogP contribution in [-0.2, 0) is 0 Å². The minimum Gasteiger partial charge on any atom is -0.394 e. The number of carbonyl (C=O) groups is 1. The number of rotatable bonds is 4. The fraction of sp³-hybridized carbons (Fsp3) is 0.400. The van der Waals surface area contributed by atoms with E-state index in [4.69, 9.17) is 33.4 Å². The highest BCUT2D eigenvalue weighted by atomic mass is 35.5. The molecular weight excluding hydrogens is 267 g/mol. The minimum atomic E-state index is -1.10. The number of halogens is 2. The molecule has 5 nitrogen and oxygen atoms in total. The molecule has 0 atom stereocenters. The monoisotopic (exact) mass is 278 g/mol. The Labute approximate surface area is 108 Å². The second kappa shape index (κ2) is 5.64. The van der Waals surface area contributed by atoms with Crippen molar-refractivity contribution in [2.75, 3.05) is 13.2 Å². The maximum Gasteiger partial charge on any atom is 0.252 e. The molecule has 1 amide bonds. The number of amides is 1. The van der Waals surface area contributed by atoms with Crippen molar-refractivity contribution in [1.29, 1.82) is 0 Å². The molecule has 1 rings (SSSR count). The molecule has 7 heteroatoms. The van der Waals surface area contributed by atoms with Gasteiger partial charge < -0.3 is 15.5 Å². The van der Waals surface area contributed by atoms with Crippen LogP contribution in [0.1, 0.15) is 17.3 Å². The third-order valence-electron chi connectivity index (χ3n) is 2.14. The zero-order valence-corrected chi connectivity index (χ0v) is 10.6. The Morgan fingerprint density at radius 1 is 1.35 bits per heavy atom. The van der Waals surface area contributed by atoms with Crippen LogP contribution in [0.4, 0.5) is 0 Å².